The molecular formula is C10H18O. The van der Waals surface area contributed by atoms with Crippen molar-refractivity contribution in [3.63, 3.8) is 0 Å². The van der Waals surface area contributed by atoms with Gasteiger partial charge in [-0.3, -0.25) is 4.79 Å². The van der Waals surface area contributed by atoms with Crippen molar-refractivity contribution in [1.82, 2.24) is 0 Å². The van der Waals surface area contributed by atoms with Gasteiger partial charge in [0.1, 0.15) is 5.78 Å². The molecule has 0 unspecified atom stereocenters. The van der Waals surface area contributed by atoms with E-state index >= 15 is 0 Å². The van der Waals surface area contributed by atoms with Crippen molar-refractivity contribution < 1.29 is 4.79 Å². The molecule has 0 fully saturated rings. The number of ketones is 1. The highest BCUT2D eigenvalue weighted by Crippen LogP contribution is 2.13. The predicted molar refractivity (Wildman–Crippen MR) is 48.5 cm³/mol. The number of hydrogen-bond acceptors (Lipinski definition) is 1. The average molecular weight is 154 g/mol. The average Bonchev–Trinajstić information content (AvgIpc) is 1.88. The summed E-state index contributed by atoms with van der Waals surface area (Å²) in [5, 5.41) is 0. The Morgan fingerprint density at radius 1 is 1.36 bits per heavy atom. The van der Waals surface area contributed by atoms with Crippen LogP contribution in [0.5, 0.6) is 0 Å². The van der Waals surface area contributed by atoms with Crippen molar-refractivity contribution in [2.24, 2.45) is 5.92 Å². The van der Waals surface area contributed by atoms with Crippen LogP contribution in [-0.4, -0.2) is 5.78 Å². The molecule has 0 aliphatic rings. The second-order valence-corrected chi connectivity index (χ2v) is 3.11. The van der Waals surface area contributed by atoms with E-state index in [4.69, 9.17) is 0 Å². The largest absolute Gasteiger partial charge is 0.299 e. The molecule has 0 aliphatic heterocycles. The molecule has 0 aliphatic carbocycles. The summed E-state index contributed by atoms with van der Waals surface area (Å²) in [6.07, 6.45) is 2.48. The highest BCUT2D eigenvalue weighted by molar-refractivity contribution is 5.82. The molecule has 0 spiro atoms. The summed E-state index contributed by atoms with van der Waals surface area (Å²) >= 11 is 0. The topological polar surface area (TPSA) is 17.1 Å². The van der Waals surface area contributed by atoms with Crippen LogP contribution in [0.4, 0.5) is 0 Å². The van der Waals surface area contributed by atoms with Crippen LogP contribution >= 0.6 is 0 Å². The molecule has 0 aromatic carbocycles. The summed E-state index contributed by atoms with van der Waals surface area (Å²) in [6.45, 7) is 9.75. The van der Waals surface area contributed by atoms with Gasteiger partial charge in [0, 0.05) is 12.3 Å². The molecule has 1 nitrogen and oxygen atoms in total. The summed E-state index contributed by atoms with van der Waals surface area (Å²) < 4.78 is 0. The molecule has 0 heterocycles. The molecule has 0 aromatic rings. The van der Waals surface area contributed by atoms with Gasteiger partial charge in [0.25, 0.3) is 0 Å². The fourth-order valence-electron chi connectivity index (χ4n) is 1.19. The Balaban J connectivity index is 3.89. The second-order valence-electron chi connectivity index (χ2n) is 3.11. The zero-order valence-electron chi connectivity index (χ0n) is 7.81. The fraction of sp³-hybridized carbons (Fsp3) is 0.700. The van der Waals surface area contributed by atoms with Crippen LogP contribution in [0.1, 0.15) is 40.0 Å². The summed E-state index contributed by atoms with van der Waals surface area (Å²) in [4.78, 5) is 11.4. The minimum Gasteiger partial charge on any atom is -0.299 e. The lowest BCUT2D eigenvalue weighted by atomic mass is 9.94. The lowest BCUT2D eigenvalue weighted by Gasteiger charge is -2.09. The van der Waals surface area contributed by atoms with E-state index in [0.717, 1.165) is 18.4 Å². The number of Topliss-reactive ketones (excluding diaryl/α,β-unsaturated/α-hetero) is 1. The maximum Gasteiger partial charge on any atom is 0.139 e. The highest BCUT2D eigenvalue weighted by atomic mass is 16.1. The van der Waals surface area contributed by atoms with Crippen molar-refractivity contribution in [3.8, 4) is 0 Å². The van der Waals surface area contributed by atoms with Gasteiger partial charge in [-0.05, 0) is 19.8 Å². The van der Waals surface area contributed by atoms with Crippen LogP contribution in [0.15, 0.2) is 12.2 Å². The Bertz CT molecular complexity index is 143. The SMILES string of the molecule is C=C(C)CC(=O)C(CC)CC. The first-order chi connectivity index (χ1) is 5.11. The molecule has 0 radical (unpaired) electrons. The van der Waals surface area contributed by atoms with Crippen LogP contribution < -0.4 is 0 Å². The Labute approximate surface area is 69.5 Å². The van der Waals surface area contributed by atoms with Gasteiger partial charge >= 0.3 is 0 Å². The molecule has 64 valence electrons. The summed E-state index contributed by atoms with van der Waals surface area (Å²) in [5.74, 6) is 0.606. The third kappa shape index (κ3) is 3.97. The van der Waals surface area contributed by atoms with Gasteiger partial charge in [-0.25, -0.2) is 0 Å². The standard InChI is InChI=1S/C10H18O/c1-5-9(6-2)10(11)7-8(3)4/h9H,3,5-7H2,1-2,4H3. The second kappa shape index (κ2) is 5.11. The van der Waals surface area contributed by atoms with Crippen LogP contribution in [0, 0.1) is 5.92 Å². The molecule has 0 N–H and O–H groups in total. The van der Waals surface area contributed by atoms with Crippen molar-refractivity contribution in [1.29, 1.82) is 0 Å². The minimum atomic E-state index is 0.256. The van der Waals surface area contributed by atoms with Crippen LogP contribution in [0.2, 0.25) is 0 Å². The number of rotatable bonds is 5. The van der Waals surface area contributed by atoms with Crippen molar-refractivity contribution in [3.05, 3.63) is 12.2 Å². The van der Waals surface area contributed by atoms with Gasteiger partial charge in [0.05, 0.1) is 0 Å². The first-order valence-corrected chi connectivity index (χ1v) is 4.28. The van der Waals surface area contributed by atoms with E-state index < -0.39 is 0 Å². The van der Waals surface area contributed by atoms with Gasteiger partial charge in [0.2, 0.25) is 0 Å². The monoisotopic (exact) mass is 154 g/mol. The van der Waals surface area contributed by atoms with E-state index in [0.29, 0.717) is 12.2 Å². The van der Waals surface area contributed by atoms with Gasteiger partial charge in [-0.1, -0.05) is 26.0 Å². The van der Waals surface area contributed by atoms with E-state index in [9.17, 15) is 4.79 Å². The van der Waals surface area contributed by atoms with Crippen molar-refractivity contribution >= 4 is 5.78 Å². The minimum absolute atomic E-state index is 0.256. The van der Waals surface area contributed by atoms with Crippen LogP contribution in [0.25, 0.3) is 0 Å². The fourth-order valence-corrected chi connectivity index (χ4v) is 1.19. The van der Waals surface area contributed by atoms with Crippen molar-refractivity contribution in [2.45, 2.75) is 40.0 Å². The van der Waals surface area contributed by atoms with Gasteiger partial charge < -0.3 is 0 Å². The Kier molecular flexibility index (Phi) is 4.84. The first-order valence-electron chi connectivity index (χ1n) is 4.28. The van der Waals surface area contributed by atoms with Gasteiger partial charge in [-0.2, -0.15) is 0 Å². The van der Waals surface area contributed by atoms with E-state index in [2.05, 4.69) is 20.4 Å². The molecule has 0 saturated carbocycles. The maximum atomic E-state index is 11.4. The number of allylic oxidation sites excluding steroid dienone is 1. The van der Waals surface area contributed by atoms with E-state index in [1.807, 2.05) is 6.92 Å². The molecular weight excluding hydrogens is 136 g/mol. The Morgan fingerprint density at radius 2 is 1.82 bits per heavy atom. The van der Waals surface area contributed by atoms with Crippen LogP contribution in [-0.2, 0) is 4.79 Å². The van der Waals surface area contributed by atoms with E-state index in [1.165, 1.54) is 0 Å². The third-order valence-electron chi connectivity index (χ3n) is 1.92. The lowest BCUT2D eigenvalue weighted by molar-refractivity contribution is -0.122. The Morgan fingerprint density at radius 3 is 2.09 bits per heavy atom. The quantitative estimate of drug-likeness (QED) is 0.556. The highest BCUT2D eigenvalue weighted by Gasteiger charge is 2.12. The number of hydrogen-bond donors (Lipinski definition) is 0. The maximum absolute atomic E-state index is 11.4. The molecule has 0 rings (SSSR count). The zero-order valence-corrected chi connectivity index (χ0v) is 7.81. The first kappa shape index (κ1) is 10.4. The van der Waals surface area contributed by atoms with Crippen molar-refractivity contribution in [2.75, 3.05) is 0 Å². The van der Waals surface area contributed by atoms with E-state index in [-0.39, 0.29) is 5.92 Å². The molecule has 1 heteroatoms. The van der Waals surface area contributed by atoms with Gasteiger partial charge in [-0.15, -0.1) is 0 Å². The molecule has 0 bridgehead atoms. The van der Waals surface area contributed by atoms with E-state index in [1.54, 1.807) is 0 Å². The number of carbonyl (C=O) groups is 1. The molecule has 11 heavy (non-hydrogen) atoms. The third-order valence-corrected chi connectivity index (χ3v) is 1.92. The summed E-state index contributed by atoms with van der Waals surface area (Å²) in [7, 11) is 0. The summed E-state index contributed by atoms with van der Waals surface area (Å²) in [5.41, 5.74) is 0.974. The summed E-state index contributed by atoms with van der Waals surface area (Å²) in [6, 6.07) is 0. The Hall–Kier alpha value is -0.590. The molecule has 0 amide bonds. The van der Waals surface area contributed by atoms with Crippen LogP contribution in [0.3, 0.4) is 0 Å². The van der Waals surface area contributed by atoms with Gasteiger partial charge in [0.15, 0.2) is 0 Å². The lowest BCUT2D eigenvalue weighted by Crippen LogP contribution is -2.12. The normalized spacial score (nSPS) is 10.2. The molecule has 0 atom stereocenters. The molecule has 0 aromatic heterocycles. The molecule has 0 saturated heterocycles. The number of carbonyl (C=O) groups excluding carboxylic acids is 1. The predicted octanol–water partition coefficient (Wildman–Crippen LogP) is 2.96. The zero-order chi connectivity index (χ0) is 8.85. The smallest absolute Gasteiger partial charge is 0.139 e.